The molecule has 0 heterocycles. The monoisotopic (exact) mass is 495 g/mol. The average molecular weight is 496 g/mol. The van der Waals surface area contributed by atoms with Gasteiger partial charge in [-0.2, -0.15) is 11.1 Å². The number of rotatable bonds is 5. The summed E-state index contributed by atoms with van der Waals surface area (Å²) in [7, 11) is -1.98. The van der Waals surface area contributed by atoms with E-state index in [9.17, 15) is 0 Å². The summed E-state index contributed by atoms with van der Waals surface area (Å²) in [6.07, 6.45) is 3.89. The Morgan fingerprint density at radius 1 is 0.828 bits per heavy atom. The van der Waals surface area contributed by atoms with Crippen molar-refractivity contribution in [3.05, 3.63) is 83.5 Å². The van der Waals surface area contributed by atoms with Crippen molar-refractivity contribution in [3.8, 4) is 0 Å². The van der Waals surface area contributed by atoms with Gasteiger partial charge in [-0.15, -0.1) is 6.92 Å². The fourth-order valence-electron chi connectivity index (χ4n) is 4.00. The molecule has 1 unspecified atom stereocenters. The van der Waals surface area contributed by atoms with Crippen LogP contribution in [0, 0.1) is 6.08 Å². The molecule has 2 aromatic carbocycles. The minimum atomic E-state index is -1.63. The smallest absolute Gasteiger partial charge is 1.00 e. The van der Waals surface area contributed by atoms with Gasteiger partial charge < -0.3 is 24.8 Å². The Hall–Kier alpha value is -0.139. The second kappa shape index (κ2) is 11.5. The second-order valence-corrected chi connectivity index (χ2v) is 16.2. The molecule has 0 aromatic heterocycles. The van der Waals surface area contributed by atoms with Crippen LogP contribution in [-0.4, -0.2) is 13.9 Å². The van der Waals surface area contributed by atoms with Gasteiger partial charge in [-0.05, 0) is 24.3 Å². The molecule has 0 fully saturated rings. The summed E-state index contributed by atoms with van der Waals surface area (Å²) < 4.78 is 0. The van der Waals surface area contributed by atoms with Crippen molar-refractivity contribution < 1.29 is 46.5 Å². The molecule has 3 rings (SSSR count). The Morgan fingerprint density at radius 3 is 1.59 bits per heavy atom. The zero-order valence-corrected chi connectivity index (χ0v) is 23.2. The van der Waals surface area contributed by atoms with E-state index in [1.807, 2.05) is 0 Å². The molecule has 1 radical (unpaired) electrons. The van der Waals surface area contributed by atoms with E-state index >= 15 is 0 Å². The number of benzene rings is 2. The van der Waals surface area contributed by atoms with E-state index in [0.717, 1.165) is 0 Å². The molecule has 1 aliphatic carbocycles. The van der Waals surface area contributed by atoms with Crippen molar-refractivity contribution in [2.45, 2.75) is 45.8 Å². The average Bonchev–Trinajstić information content (AvgIpc) is 2.85. The summed E-state index contributed by atoms with van der Waals surface area (Å²) >= 11 is 0. The maximum absolute atomic E-state index is 3.89. The predicted molar refractivity (Wildman–Crippen MR) is 121 cm³/mol. The molecule has 29 heavy (non-hydrogen) atoms. The fraction of sp³-hybridized carbons (Fsp3) is 0.333. The maximum Gasteiger partial charge on any atom is 3.00 e. The van der Waals surface area contributed by atoms with Gasteiger partial charge >= 0.3 is 21.7 Å². The topological polar surface area (TPSA) is 0 Å². The van der Waals surface area contributed by atoms with Crippen LogP contribution in [0.5, 0.6) is 0 Å². The van der Waals surface area contributed by atoms with Crippen molar-refractivity contribution in [2.24, 2.45) is 0 Å². The molecule has 0 bridgehead atoms. The summed E-state index contributed by atoms with van der Waals surface area (Å²) in [6, 6.07) is 22.3. The molecule has 5 heteroatoms. The van der Waals surface area contributed by atoms with Gasteiger partial charge in [0.15, 0.2) is 0 Å². The second-order valence-electron chi connectivity index (χ2n) is 8.27. The molecule has 1 atom stereocenters. The van der Waals surface area contributed by atoms with Crippen LogP contribution in [-0.2, 0) is 21.7 Å². The summed E-state index contributed by atoms with van der Waals surface area (Å²) in [4.78, 5) is 0. The standard InChI is InChI=1S/C24H30PSi.2ClH.Ti/c1-19-17-24(4,21(3)20(19)2)26(5,6)18-25(22-13-9-7-10-14-22)23-15-11-8-12-16-23;;;/h7-16H,18H2,1-6H3;2*1H;/q-1;;;+3/p-2. The maximum atomic E-state index is 3.89. The van der Waals surface area contributed by atoms with Crippen LogP contribution < -0.4 is 35.4 Å². The van der Waals surface area contributed by atoms with Crippen LogP contribution in [0.1, 0.15) is 27.7 Å². The molecule has 0 spiro atoms. The first-order valence-corrected chi connectivity index (χ1v) is 14.2. The van der Waals surface area contributed by atoms with Gasteiger partial charge in [0, 0.05) is 8.07 Å². The molecule has 0 aliphatic heterocycles. The largest absolute Gasteiger partial charge is 3.00 e. The van der Waals surface area contributed by atoms with E-state index in [0.29, 0.717) is 0 Å². The normalized spacial score (nSPS) is 18.5. The number of halogens is 2. The fourth-order valence-corrected chi connectivity index (χ4v) is 13.0. The third-order valence-corrected chi connectivity index (χ3v) is 15.8. The van der Waals surface area contributed by atoms with Crippen LogP contribution in [0.2, 0.25) is 18.1 Å². The van der Waals surface area contributed by atoms with Crippen molar-refractivity contribution in [2.75, 3.05) is 5.79 Å². The van der Waals surface area contributed by atoms with E-state index in [1.165, 1.54) is 27.5 Å². The molecule has 153 valence electrons. The Balaban J connectivity index is 0.00000261. The van der Waals surface area contributed by atoms with Crippen LogP contribution in [0.3, 0.4) is 0 Å². The van der Waals surface area contributed by atoms with Crippen molar-refractivity contribution >= 4 is 26.6 Å². The minimum Gasteiger partial charge on any atom is -1.00 e. The first kappa shape index (κ1) is 28.9. The summed E-state index contributed by atoms with van der Waals surface area (Å²) in [5, 5.41) is 3.12. The van der Waals surface area contributed by atoms with Gasteiger partial charge in [-0.1, -0.05) is 99.6 Å². The zero-order chi connectivity index (χ0) is 18.9. The molecular weight excluding hydrogens is 466 g/mol. The Kier molecular flexibility index (Phi) is 11.4. The predicted octanol–water partition coefficient (Wildman–Crippen LogP) is 0.232. The van der Waals surface area contributed by atoms with E-state index in [1.54, 1.807) is 5.57 Å². The van der Waals surface area contributed by atoms with Gasteiger partial charge in [0.1, 0.15) is 0 Å². The van der Waals surface area contributed by atoms with E-state index in [-0.39, 0.29) is 59.5 Å². The third-order valence-electron chi connectivity index (χ3n) is 6.36. The van der Waals surface area contributed by atoms with Crippen molar-refractivity contribution in [1.82, 2.24) is 0 Å². The molecular formula is C24H30Cl2PSiTi. The van der Waals surface area contributed by atoms with Gasteiger partial charge in [0.2, 0.25) is 0 Å². The molecule has 0 saturated carbocycles. The van der Waals surface area contributed by atoms with E-state index < -0.39 is 8.07 Å². The van der Waals surface area contributed by atoms with Crippen LogP contribution in [0.4, 0.5) is 0 Å². The first-order chi connectivity index (χ1) is 12.3. The van der Waals surface area contributed by atoms with E-state index in [4.69, 9.17) is 0 Å². The van der Waals surface area contributed by atoms with Gasteiger partial charge in [-0.3, -0.25) is 6.08 Å². The quantitative estimate of drug-likeness (QED) is 0.316. The van der Waals surface area contributed by atoms with Gasteiger partial charge in [0.25, 0.3) is 0 Å². The number of hydrogen-bond acceptors (Lipinski definition) is 0. The van der Waals surface area contributed by atoms with Gasteiger partial charge in [0.05, 0.1) is 0 Å². The number of allylic oxidation sites excluding steroid dienone is 4. The Morgan fingerprint density at radius 2 is 1.24 bits per heavy atom. The summed E-state index contributed by atoms with van der Waals surface area (Å²) in [5.41, 5.74) is 4.36. The zero-order valence-electron chi connectivity index (χ0n) is 18.2. The minimum absolute atomic E-state index is 0. The molecule has 0 nitrogen and oxygen atoms in total. The SMILES string of the molecule is CC1=[C-]C(C)([Si](C)(C)CP(c2ccccc2)c2ccccc2)C(C)=C1C.[Cl-].[Cl-].[Ti+3]. The molecule has 1 aliphatic rings. The number of hydrogen-bond donors (Lipinski definition) is 0. The van der Waals surface area contributed by atoms with E-state index in [2.05, 4.69) is 108 Å². The van der Waals surface area contributed by atoms with Crippen molar-refractivity contribution in [1.29, 1.82) is 0 Å². The third kappa shape index (κ3) is 5.76. The molecule has 0 saturated heterocycles. The summed E-state index contributed by atoms with van der Waals surface area (Å²) in [5.74, 6) is 1.29. The van der Waals surface area contributed by atoms with Crippen LogP contribution in [0.25, 0.3) is 0 Å². The summed E-state index contributed by atoms with van der Waals surface area (Å²) in [6.45, 7) is 14.4. The molecule has 0 amide bonds. The van der Waals surface area contributed by atoms with Crippen LogP contribution in [0.15, 0.2) is 77.4 Å². The Labute approximate surface area is 207 Å². The molecule has 0 N–H and O–H groups in total. The Bertz CT molecular complexity index is 810. The first-order valence-electron chi connectivity index (χ1n) is 9.44. The molecule has 2 aromatic rings. The van der Waals surface area contributed by atoms with Crippen molar-refractivity contribution in [3.63, 3.8) is 0 Å². The van der Waals surface area contributed by atoms with Crippen LogP contribution >= 0.6 is 7.92 Å². The van der Waals surface area contributed by atoms with Gasteiger partial charge in [-0.25, -0.2) is 5.57 Å².